The molecule has 0 nitrogen and oxygen atoms in total. The van der Waals surface area contributed by atoms with Crippen LogP contribution in [0.15, 0.2) is 54.6 Å². The van der Waals surface area contributed by atoms with Gasteiger partial charge in [-0.25, -0.2) is 0 Å². The van der Waals surface area contributed by atoms with E-state index in [9.17, 15) is 0 Å². The zero-order valence-electron chi connectivity index (χ0n) is 14.1. The van der Waals surface area contributed by atoms with Crippen LogP contribution in [0.1, 0.15) is 63.9 Å². The monoisotopic (exact) mass is 294 g/mol. The molecule has 0 aromatic heterocycles. The van der Waals surface area contributed by atoms with Crippen LogP contribution in [0, 0.1) is 0 Å². The van der Waals surface area contributed by atoms with Gasteiger partial charge in [-0.15, -0.1) is 0 Å². The van der Waals surface area contributed by atoms with Crippen molar-refractivity contribution in [1.82, 2.24) is 0 Å². The molecule has 2 aromatic rings. The Balaban J connectivity index is 1.65. The average Bonchev–Trinajstić information content (AvgIpc) is 2.59. The SMILES string of the molecule is CCCCCCCCCCc1ccc(-c2ccccc2)cc1. The molecule has 0 aliphatic heterocycles. The van der Waals surface area contributed by atoms with Gasteiger partial charge in [0.15, 0.2) is 0 Å². The lowest BCUT2D eigenvalue weighted by Crippen LogP contribution is -1.87. The molecule has 0 bridgehead atoms. The molecule has 0 aliphatic rings. The molecule has 0 heteroatoms. The van der Waals surface area contributed by atoms with Crippen LogP contribution in [0.5, 0.6) is 0 Å². The van der Waals surface area contributed by atoms with Crippen LogP contribution in [0.25, 0.3) is 11.1 Å². The Morgan fingerprint density at radius 3 is 1.73 bits per heavy atom. The summed E-state index contributed by atoms with van der Waals surface area (Å²) in [6.45, 7) is 2.28. The first-order valence-corrected chi connectivity index (χ1v) is 9.04. The highest BCUT2D eigenvalue weighted by Gasteiger charge is 1.98. The van der Waals surface area contributed by atoms with E-state index in [4.69, 9.17) is 0 Å². The maximum atomic E-state index is 2.30. The molecule has 0 saturated carbocycles. The second-order valence-electron chi connectivity index (χ2n) is 6.29. The molecule has 0 spiro atoms. The van der Waals surface area contributed by atoms with E-state index < -0.39 is 0 Å². The van der Waals surface area contributed by atoms with Crippen LogP contribution < -0.4 is 0 Å². The Kier molecular flexibility index (Phi) is 7.80. The minimum absolute atomic E-state index is 1.23. The van der Waals surface area contributed by atoms with E-state index >= 15 is 0 Å². The zero-order valence-corrected chi connectivity index (χ0v) is 14.1. The fourth-order valence-corrected chi connectivity index (χ4v) is 2.96. The van der Waals surface area contributed by atoms with E-state index in [0.29, 0.717) is 0 Å². The fraction of sp³-hybridized carbons (Fsp3) is 0.455. The van der Waals surface area contributed by atoms with Gasteiger partial charge < -0.3 is 0 Å². The molecular weight excluding hydrogens is 264 g/mol. The molecule has 0 unspecified atom stereocenters. The van der Waals surface area contributed by atoms with Gasteiger partial charge in [-0.1, -0.05) is 106 Å². The minimum atomic E-state index is 1.23. The molecule has 2 rings (SSSR count). The van der Waals surface area contributed by atoms with Gasteiger partial charge in [-0.3, -0.25) is 0 Å². The van der Waals surface area contributed by atoms with Gasteiger partial charge in [0.2, 0.25) is 0 Å². The summed E-state index contributed by atoms with van der Waals surface area (Å²) >= 11 is 0. The third kappa shape index (κ3) is 6.05. The van der Waals surface area contributed by atoms with E-state index in [1.54, 1.807) is 0 Å². The van der Waals surface area contributed by atoms with Crippen LogP contribution >= 0.6 is 0 Å². The van der Waals surface area contributed by atoms with E-state index in [2.05, 4.69) is 61.5 Å². The Hall–Kier alpha value is -1.56. The first-order valence-electron chi connectivity index (χ1n) is 9.04. The van der Waals surface area contributed by atoms with Crippen LogP contribution in [0.3, 0.4) is 0 Å². The summed E-state index contributed by atoms with van der Waals surface area (Å²) in [5.41, 5.74) is 4.10. The lowest BCUT2D eigenvalue weighted by atomic mass is 10.0. The summed E-state index contributed by atoms with van der Waals surface area (Å²) in [4.78, 5) is 0. The molecule has 22 heavy (non-hydrogen) atoms. The molecule has 0 radical (unpaired) electrons. The molecule has 0 atom stereocenters. The van der Waals surface area contributed by atoms with E-state index in [1.807, 2.05) is 0 Å². The quantitative estimate of drug-likeness (QED) is 0.412. The van der Waals surface area contributed by atoms with Gasteiger partial charge in [0, 0.05) is 0 Å². The fourth-order valence-electron chi connectivity index (χ4n) is 2.96. The van der Waals surface area contributed by atoms with E-state index in [-0.39, 0.29) is 0 Å². The topological polar surface area (TPSA) is 0 Å². The highest BCUT2D eigenvalue weighted by Crippen LogP contribution is 2.20. The third-order valence-corrected chi connectivity index (χ3v) is 4.38. The van der Waals surface area contributed by atoms with Gasteiger partial charge in [0.25, 0.3) is 0 Å². The number of benzene rings is 2. The van der Waals surface area contributed by atoms with Crippen molar-refractivity contribution in [2.24, 2.45) is 0 Å². The van der Waals surface area contributed by atoms with Crippen molar-refractivity contribution in [2.75, 3.05) is 0 Å². The first-order chi connectivity index (χ1) is 10.9. The molecule has 0 saturated heterocycles. The number of aryl methyl sites for hydroxylation is 1. The molecule has 2 aromatic carbocycles. The lowest BCUT2D eigenvalue weighted by Gasteiger charge is -2.05. The molecule has 0 fully saturated rings. The number of rotatable bonds is 10. The Morgan fingerprint density at radius 2 is 1.09 bits per heavy atom. The van der Waals surface area contributed by atoms with Gasteiger partial charge in [-0.05, 0) is 29.5 Å². The van der Waals surface area contributed by atoms with Crippen molar-refractivity contribution in [2.45, 2.75) is 64.7 Å². The highest BCUT2D eigenvalue weighted by molar-refractivity contribution is 5.63. The van der Waals surface area contributed by atoms with Crippen LogP contribution in [0.2, 0.25) is 0 Å². The van der Waals surface area contributed by atoms with Crippen molar-refractivity contribution in [3.8, 4) is 11.1 Å². The number of unbranched alkanes of at least 4 members (excludes halogenated alkanes) is 7. The molecular formula is C22H30. The Labute approximate surface area is 136 Å². The standard InChI is InChI=1S/C22H30/c1-2-3-4-5-6-7-8-10-13-20-16-18-22(19-17-20)21-14-11-9-12-15-21/h9,11-12,14-19H,2-8,10,13H2,1H3. The van der Waals surface area contributed by atoms with Gasteiger partial charge in [0.1, 0.15) is 0 Å². The summed E-state index contributed by atoms with van der Waals surface area (Å²) in [6.07, 6.45) is 12.4. The zero-order chi connectivity index (χ0) is 15.5. The van der Waals surface area contributed by atoms with Crippen LogP contribution in [-0.2, 0) is 6.42 Å². The molecule has 0 N–H and O–H groups in total. The molecule has 0 heterocycles. The van der Waals surface area contributed by atoms with E-state index in [0.717, 1.165) is 0 Å². The van der Waals surface area contributed by atoms with E-state index in [1.165, 1.54) is 74.5 Å². The number of hydrogen-bond donors (Lipinski definition) is 0. The predicted molar refractivity (Wildman–Crippen MR) is 98.2 cm³/mol. The summed E-state index contributed by atoms with van der Waals surface area (Å²) in [5.74, 6) is 0. The normalized spacial score (nSPS) is 10.8. The first kappa shape index (κ1) is 16.8. The van der Waals surface area contributed by atoms with Crippen molar-refractivity contribution >= 4 is 0 Å². The van der Waals surface area contributed by atoms with Crippen LogP contribution in [-0.4, -0.2) is 0 Å². The van der Waals surface area contributed by atoms with Crippen LogP contribution in [0.4, 0.5) is 0 Å². The average molecular weight is 294 g/mol. The van der Waals surface area contributed by atoms with Gasteiger partial charge in [-0.2, -0.15) is 0 Å². The maximum Gasteiger partial charge on any atom is -0.0184 e. The van der Waals surface area contributed by atoms with Crippen molar-refractivity contribution in [3.05, 3.63) is 60.2 Å². The van der Waals surface area contributed by atoms with Crippen molar-refractivity contribution in [3.63, 3.8) is 0 Å². The lowest BCUT2D eigenvalue weighted by molar-refractivity contribution is 0.575. The summed E-state index contributed by atoms with van der Waals surface area (Å²) in [7, 11) is 0. The van der Waals surface area contributed by atoms with Gasteiger partial charge in [0.05, 0.1) is 0 Å². The smallest absolute Gasteiger partial charge is 0.0184 e. The second kappa shape index (κ2) is 10.2. The Bertz CT molecular complexity index is 495. The summed E-state index contributed by atoms with van der Waals surface area (Å²) < 4.78 is 0. The van der Waals surface area contributed by atoms with Crippen molar-refractivity contribution in [1.29, 1.82) is 0 Å². The summed E-state index contributed by atoms with van der Waals surface area (Å²) in [6, 6.07) is 19.7. The maximum absolute atomic E-state index is 2.30. The molecule has 118 valence electrons. The predicted octanol–water partition coefficient (Wildman–Crippen LogP) is 7.04. The summed E-state index contributed by atoms with van der Waals surface area (Å²) in [5, 5.41) is 0. The number of hydrogen-bond acceptors (Lipinski definition) is 0. The van der Waals surface area contributed by atoms with Gasteiger partial charge >= 0.3 is 0 Å². The minimum Gasteiger partial charge on any atom is -0.0654 e. The third-order valence-electron chi connectivity index (χ3n) is 4.38. The largest absolute Gasteiger partial charge is 0.0654 e. The molecule has 0 aliphatic carbocycles. The molecule has 0 amide bonds. The highest BCUT2D eigenvalue weighted by atomic mass is 14.0. The van der Waals surface area contributed by atoms with Crippen molar-refractivity contribution < 1.29 is 0 Å². The second-order valence-corrected chi connectivity index (χ2v) is 6.29. The Morgan fingerprint density at radius 1 is 0.545 bits per heavy atom.